The normalized spacial score (nSPS) is 11.2. The number of nitrogen functional groups attached to an aromatic ring is 1. The Labute approximate surface area is 118 Å². The molecule has 0 spiro atoms. The number of alkyl halides is 3. The molecule has 1 amide bonds. The maximum absolute atomic E-state index is 12.7. The van der Waals surface area contributed by atoms with E-state index < -0.39 is 17.6 Å². The minimum Gasteiger partial charge on any atom is -0.382 e. The lowest BCUT2D eigenvalue weighted by atomic mass is 10.1. The van der Waals surface area contributed by atoms with Crippen molar-refractivity contribution in [3.05, 3.63) is 47.2 Å². The highest BCUT2D eigenvalue weighted by atomic mass is 19.4. The van der Waals surface area contributed by atoms with Crippen LogP contribution in [0.5, 0.6) is 0 Å². The number of carbonyl (C=O) groups is 1. The third kappa shape index (κ3) is 3.47. The molecule has 5 nitrogen and oxygen atoms in total. The first-order valence-corrected chi connectivity index (χ1v) is 5.86. The van der Waals surface area contributed by atoms with E-state index in [-0.39, 0.29) is 17.2 Å². The number of anilines is 2. The standard InChI is InChI=1S/C13H11F3N4O/c1-7-2-3-8(13(14,15)16)6-10(7)18-12(21)9-4-5-11(17)20-19-9/h2-6H,1H3,(H2,17,20)(H,18,21). The summed E-state index contributed by atoms with van der Waals surface area (Å²) in [4.78, 5) is 11.9. The summed E-state index contributed by atoms with van der Waals surface area (Å²) in [5.41, 5.74) is 5.02. The quantitative estimate of drug-likeness (QED) is 0.892. The number of halogens is 3. The van der Waals surface area contributed by atoms with Crippen molar-refractivity contribution in [2.45, 2.75) is 13.1 Å². The number of nitrogens with two attached hydrogens (primary N) is 1. The molecule has 1 heterocycles. The molecule has 2 rings (SSSR count). The Morgan fingerprint density at radius 2 is 1.90 bits per heavy atom. The summed E-state index contributed by atoms with van der Waals surface area (Å²) in [5, 5.41) is 9.45. The topological polar surface area (TPSA) is 80.9 Å². The van der Waals surface area contributed by atoms with Gasteiger partial charge in [0.2, 0.25) is 0 Å². The SMILES string of the molecule is Cc1ccc(C(F)(F)F)cc1NC(=O)c1ccc(N)nn1. The third-order valence-electron chi connectivity index (χ3n) is 2.73. The Morgan fingerprint density at radius 1 is 1.19 bits per heavy atom. The monoisotopic (exact) mass is 296 g/mol. The zero-order valence-corrected chi connectivity index (χ0v) is 10.9. The van der Waals surface area contributed by atoms with Crippen molar-refractivity contribution in [2.24, 2.45) is 0 Å². The molecule has 2 aromatic rings. The van der Waals surface area contributed by atoms with Crippen LogP contribution in [0.1, 0.15) is 21.6 Å². The summed E-state index contributed by atoms with van der Waals surface area (Å²) in [6.07, 6.45) is -4.48. The highest BCUT2D eigenvalue weighted by Crippen LogP contribution is 2.32. The number of aromatic nitrogens is 2. The van der Waals surface area contributed by atoms with E-state index in [9.17, 15) is 18.0 Å². The number of benzene rings is 1. The summed E-state index contributed by atoms with van der Waals surface area (Å²) in [6.45, 7) is 1.59. The number of hydrogen-bond donors (Lipinski definition) is 2. The first-order chi connectivity index (χ1) is 9.77. The van der Waals surface area contributed by atoms with Crippen LogP contribution in [0.25, 0.3) is 0 Å². The van der Waals surface area contributed by atoms with Gasteiger partial charge in [-0.3, -0.25) is 4.79 Å². The smallest absolute Gasteiger partial charge is 0.382 e. The van der Waals surface area contributed by atoms with E-state index in [1.54, 1.807) is 6.92 Å². The number of carbonyl (C=O) groups excluding carboxylic acids is 1. The van der Waals surface area contributed by atoms with Crippen LogP contribution in [-0.2, 0) is 6.18 Å². The Hall–Kier alpha value is -2.64. The summed E-state index contributed by atoms with van der Waals surface area (Å²) in [6, 6.07) is 5.82. The molecule has 0 fully saturated rings. The van der Waals surface area contributed by atoms with Crippen molar-refractivity contribution in [1.82, 2.24) is 10.2 Å². The number of rotatable bonds is 2. The Morgan fingerprint density at radius 3 is 2.48 bits per heavy atom. The molecule has 3 N–H and O–H groups in total. The highest BCUT2D eigenvalue weighted by Gasteiger charge is 2.31. The van der Waals surface area contributed by atoms with Gasteiger partial charge in [-0.15, -0.1) is 10.2 Å². The fraction of sp³-hybridized carbons (Fsp3) is 0.154. The van der Waals surface area contributed by atoms with Crippen molar-refractivity contribution in [3.8, 4) is 0 Å². The van der Waals surface area contributed by atoms with Crippen molar-refractivity contribution < 1.29 is 18.0 Å². The zero-order valence-electron chi connectivity index (χ0n) is 10.9. The minimum absolute atomic E-state index is 0.0407. The molecule has 0 saturated heterocycles. The van der Waals surface area contributed by atoms with Crippen LogP contribution in [0.3, 0.4) is 0 Å². The molecule has 0 saturated carbocycles. The van der Waals surface area contributed by atoms with E-state index in [1.165, 1.54) is 18.2 Å². The molecule has 1 aromatic carbocycles. The van der Waals surface area contributed by atoms with Crippen molar-refractivity contribution in [3.63, 3.8) is 0 Å². The largest absolute Gasteiger partial charge is 0.416 e. The van der Waals surface area contributed by atoms with E-state index in [4.69, 9.17) is 5.73 Å². The summed E-state index contributed by atoms with van der Waals surface area (Å²) >= 11 is 0. The first kappa shape index (κ1) is 14.8. The van der Waals surface area contributed by atoms with Crippen molar-refractivity contribution >= 4 is 17.4 Å². The van der Waals surface area contributed by atoms with Crippen LogP contribution >= 0.6 is 0 Å². The van der Waals surface area contributed by atoms with Crippen LogP contribution in [0.15, 0.2) is 30.3 Å². The predicted octanol–water partition coefficient (Wildman–Crippen LogP) is 2.64. The Balaban J connectivity index is 2.26. The van der Waals surface area contributed by atoms with Crippen LogP contribution < -0.4 is 11.1 Å². The molecule has 0 radical (unpaired) electrons. The number of aryl methyl sites for hydroxylation is 1. The van der Waals surface area contributed by atoms with E-state index >= 15 is 0 Å². The second kappa shape index (κ2) is 5.39. The van der Waals surface area contributed by atoms with Gasteiger partial charge in [-0.05, 0) is 36.8 Å². The van der Waals surface area contributed by atoms with Gasteiger partial charge < -0.3 is 11.1 Å². The lowest BCUT2D eigenvalue weighted by Crippen LogP contribution is -2.16. The molecule has 0 unspecified atom stereocenters. The second-order valence-corrected chi connectivity index (χ2v) is 4.33. The van der Waals surface area contributed by atoms with Gasteiger partial charge in [0, 0.05) is 5.69 Å². The van der Waals surface area contributed by atoms with E-state index in [0.717, 1.165) is 12.1 Å². The number of amides is 1. The first-order valence-electron chi connectivity index (χ1n) is 5.86. The molecular weight excluding hydrogens is 285 g/mol. The maximum Gasteiger partial charge on any atom is 0.416 e. The van der Waals surface area contributed by atoms with Gasteiger partial charge in [0.15, 0.2) is 5.69 Å². The fourth-order valence-electron chi connectivity index (χ4n) is 1.58. The third-order valence-corrected chi connectivity index (χ3v) is 2.73. The Kier molecular flexibility index (Phi) is 3.79. The average molecular weight is 296 g/mol. The molecule has 0 aliphatic rings. The van der Waals surface area contributed by atoms with Gasteiger partial charge in [-0.2, -0.15) is 13.2 Å². The van der Waals surface area contributed by atoms with E-state index in [1.807, 2.05) is 0 Å². The predicted molar refractivity (Wildman–Crippen MR) is 70.6 cm³/mol. The fourth-order valence-corrected chi connectivity index (χ4v) is 1.58. The molecule has 0 bridgehead atoms. The zero-order chi connectivity index (χ0) is 15.6. The highest BCUT2D eigenvalue weighted by molar-refractivity contribution is 6.03. The van der Waals surface area contributed by atoms with Crippen LogP contribution in [0, 0.1) is 6.92 Å². The van der Waals surface area contributed by atoms with Gasteiger partial charge in [0.05, 0.1) is 5.56 Å². The van der Waals surface area contributed by atoms with Gasteiger partial charge in [-0.25, -0.2) is 0 Å². The molecule has 1 aromatic heterocycles. The lowest BCUT2D eigenvalue weighted by molar-refractivity contribution is -0.137. The van der Waals surface area contributed by atoms with E-state index in [2.05, 4.69) is 15.5 Å². The Bertz CT molecular complexity index is 668. The number of nitrogens with zero attached hydrogens (tertiary/aromatic N) is 2. The van der Waals surface area contributed by atoms with Gasteiger partial charge >= 0.3 is 6.18 Å². The van der Waals surface area contributed by atoms with Crippen LogP contribution in [0.4, 0.5) is 24.7 Å². The molecule has 0 atom stereocenters. The minimum atomic E-state index is -4.48. The average Bonchev–Trinajstić information content (AvgIpc) is 2.40. The van der Waals surface area contributed by atoms with Crippen LogP contribution in [-0.4, -0.2) is 16.1 Å². The summed E-state index contributed by atoms with van der Waals surface area (Å²) < 4.78 is 38.0. The second-order valence-electron chi connectivity index (χ2n) is 4.33. The molecule has 0 aliphatic heterocycles. The van der Waals surface area contributed by atoms with Gasteiger partial charge in [0.1, 0.15) is 5.82 Å². The summed E-state index contributed by atoms with van der Waals surface area (Å²) in [5.74, 6) is -0.522. The maximum atomic E-state index is 12.7. The molecule has 21 heavy (non-hydrogen) atoms. The van der Waals surface area contributed by atoms with Crippen LogP contribution in [0.2, 0.25) is 0 Å². The lowest BCUT2D eigenvalue weighted by Gasteiger charge is -2.12. The number of hydrogen-bond acceptors (Lipinski definition) is 4. The van der Waals surface area contributed by atoms with Gasteiger partial charge in [0.25, 0.3) is 5.91 Å². The molecular formula is C13H11F3N4O. The van der Waals surface area contributed by atoms with Gasteiger partial charge in [-0.1, -0.05) is 6.07 Å². The molecule has 110 valence electrons. The van der Waals surface area contributed by atoms with E-state index in [0.29, 0.717) is 5.56 Å². The summed E-state index contributed by atoms with van der Waals surface area (Å²) in [7, 11) is 0. The van der Waals surface area contributed by atoms with Crippen molar-refractivity contribution in [2.75, 3.05) is 11.1 Å². The van der Waals surface area contributed by atoms with Crippen molar-refractivity contribution in [1.29, 1.82) is 0 Å². The molecule has 8 heteroatoms. The number of nitrogens with one attached hydrogen (secondary N) is 1. The molecule has 0 aliphatic carbocycles.